The van der Waals surface area contributed by atoms with Crippen molar-refractivity contribution in [2.75, 3.05) is 11.9 Å². The highest BCUT2D eigenvalue weighted by atomic mass is 16.5. The standard InChI is InChI=1S/C48H40N2O8/c1-27-23-30(11-21-41(27)51)48(4,5)31-12-22-42(52)40(24-31)50-45(55)37-20-18-35(26-39(37)46(50)56)58-33-15-9-29(10-16-33)47(2,3)28-7-13-32(14-8-28)57-34-17-19-36-38(25-34)44(54)49(6)43(36)53/h7-26,51-52H,1-6H3. The van der Waals surface area contributed by atoms with Crippen LogP contribution >= 0.6 is 0 Å². The summed E-state index contributed by atoms with van der Waals surface area (Å²) >= 11 is 0. The number of carbonyl (C=O) groups is 4. The molecule has 0 atom stereocenters. The third-order valence-corrected chi connectivity index (χ3v) is 11.4. The molecule has 0 unspecified atom stereocenters. The Morgan fingerprint density at radius 1 is 0.448 bits per heavy atom. The van der Waals surface area contributed by atoms with E-state index < -0.39 is 22.6 Å². The number of carbonyl (C=O) groups excluding carboxylic acids is 4. The van der Waals surface area contributed by atoms with Crippen LogP contribution in [0.4, 0.5) is 5.69 Å². The van der Waals surface area contributed by atoms with Gasteiger partial charge in [-0.25, -0.2) is 4.90 Å². The van der Waals surface area contributed by atoms with Crippen molar-refractivity contribution in [1.29, 1.82) is 0 Å². The fourth-order valence-electron chi connectivity index (χ4n) is 7.53. The van der Waals surface area contributed by atoms with Gasteiger partial charge in [0.05, 0.1) is 27.9 Å². The minimum absolute atomic E-state index is 0.0822. The monoisotopic (exact) mass is 772 g/mol. The summed E-state index contributed by atoms with van der Waals surface area (Å²) in [5.41, 5.74) is 4.62. The molecule has 2 heterocycles. The molecular weight excluding hydrogens is 733 g/mol. The van der Waals surface area contributed by atoms with Gasteiger partial charge >= 0.3 is 0 Å². The van der Waals surface area contributed by atoms with Crippen molar-refractivity contribution in [3.63, 3.8) is 0 Å². The van der Waals surface area contributed by atoms with Gasteiger partial charge in [-0.05, 0) is 114 Å². The SMILES string of the molecule is Cc1cc(C(C)(C)c2ccc(O)c(N3C(=O)c4ccc(Oc5ccc(C(C)(C)c6ccc(Oc7ccc8c(c7)C(=O)N(C)C8=O)cc6)cc5)cc4C3=O)c2)ccc1O. The predicted octanol–water partition coefficient (Wildman–Crippen LogP) is 9.67. The normalized spacial score (nSPS) is 13.9. The lowest BCUT2D eigenvalue weighted by molar-refractivity contribution is 0.0692. The molecule has 0 fully saturated rings. The maximum Gasteiger partial charge on any atom is 0.266 e. The predicted molar refractivity (Wildman–Crippen MR) is 219 cm³/mol. The van der Waals surface area contributed by atoms with Crippen LogP contribution in [0.25, 0.3) is 0 Å². The van der Waals surface area contributed by atoms with Crippen LogP contribution in [-0.2, 0) is 10.8 Å². The number of hydrogen-bond acceptors (Lipinski definition) is 8. The average molecular weight is 773 g/mol. The zero-order valence-corrected chi connectivity index (χ0v) is 32.8. The Kier molecular flexibility index (Phi) is 8.95. The van der Waals surface area contributed by atoms with E-state index in [1.807, 2.05) is 81.4 Å². The lowest BCUT2D eigenvalue weighted by Crippen LogP contribution is -2.30. The molecule has 6 aromatic rings. The molecule has 290 valence electrons. The molecule has 0 radical (unpaired) electrons. The highest BCUT2D eigenvalue weighted by molar-refractivity contribution is 6.35. The van der Waals surface area contributed by atoms with E-state index in [1.54, 1.807) is 54.6 Å². The summed E-state index contributed by atoms with van der Waals surface area (Å²) in [5.74, 6) is 0.135. The molecular formula is C48H40N2O8. The van der Waals surface area contributed by atoms with Crippen LogP contribution in [0, 0.1) is 6.92 Å². The number of aryl methyl sites for hydroxylation is 1. The number of phenolic OH excluding ortho intramolecular Hbond substituents is 2. The zero-order chi connectivity index (χ0) is 41.3. The minimum Gasteiger partial charge on any atom is -0.508 e. The van der Waals surface area contributed by atoms with Gasteiger partial charge in [-0.2, -0.15) is 0 Å². The van der Waals surface area contributed by atoms with E-state index in [9.17, 15) is 29.4 Å². The van der Waals surface area contributed by atoms with Crippen molar-refractivity contribution >= 4 is 29.3 Å². The Balaban J connectivity index is 0.961. The molecule has 2 aliphatic rings. The molecule has 58 heavy (non-hydrogen) atoms. The maximum atomic E-state index is 13.8. The van der Waals surface area contributed by atoms with Gasteiger partial charge in [-0.3, -0.25) is 24.1 Å². The summed E-state index contributed by atoms with van der Waals surface area (Å²) in [6, 6.07) is 35.2. The Bertz CT molecular complexity index is 2700. The van der Waals surface area contributed by atoms with E-state index >= 15 is 0 Å². The van der Waals surface area contributed by atoms with E-state index in [2.05, 4.69) is 13.8 Å². The Morgan fingerprint density at radius 2 is 0.845 bits per heavy atom. The van der Waals surface area contributed by atoms with E-state index in [0.29, 0.717) is 34.1 Å². The number of aromatic hydroxyl groups is 2. The molecule has 0 saturated heterocycles. The van der Waals surface area contributed by atoms with E-state index in [0.717, 1.165) is 37.6 Å². The molecule has 0 aliphatic carbocycles. The van der Waals surface area contributed by atoms with E-state index in [4.69, 9.17) is 9.47 Å². The Labute approximate surface area is 335 Å². The molecule has 6 aromatic carbocycles. The fourth-order valence-corrected chi connectivity index (χ4v) is 7.53. The van der Waals surface area contributed by atoms with Gasteiger partial charge in [0.1, 0.15) is 34.5 Å². The van der Waals surface area contributed by atoms with Crippen LogP contribution in [0.5, 0.6) is 34.5 Å². The average Bonchev–Trinajstić information content (AvgIpc) is 3.58. The van der Waals surface area contributed by atoms with E-state index in [1.165, 1.54) is 13.1 Å². The third kappa shape index (κ3) is 6.32. The van der Waals surface area contributed by atoms with Crippen LogP contribution in [-0.4, -0.2) is 45.8 Å². The van der Waals surface area contributed by atoms with Crippen LogP contribution < -0.4 is 14.4 Å². The highest BCUT2D eigenvalue weighted by Crippen LogP contribution is 2.42. The first-order valence-corrected chi connectivity index (χ1v) is 18.7. The number of phenols is 2. The molecule has 0 bridgehead atoms. The Morgan fingerprint density at radius 3 is 1.38 bits per heavy atom. The van der Waals surface area contributed by atoms with Gasteiger partial charge in [-0.1, -0.05) is 70.2 Å². The maximum absolute atomic E-state index is 13.8. The third-order valence-electron chi connectivity index (χ3n) is 11.4. The zero-order valence-electron chi connectivity index (χ0n) is 32.8. The fraction of sp³-hybridized carbons (Fsp3) is 0.167. The van der Waals surface area contributed by atoms with Gasteiger partial charge in [0, 0.05) is 17.9 Å². The van der Waals surface area contributed by atoms with Crippen molar-refractivity contribution in [3.8, 4) is 34.5 Å². The van der Waals surface area contributed by atoms with Gasteiger partial charge < -0.3 is 19.7 Å². The van der Waals surface area contributed by atoms with Crippen molar-refractivity contribution in [2.45, 2.75) is 45.4 Å². The largest absolute Gasteiger partial charge is 0.508 e. The molecule has 4 amide bonds. The van der Waals surface area contributed by atoms with Crippen LogP contribution in [0.2, 0.25) is 0 Å². The second kappa shape index (κ2) is 13.8. The Hall–Kier alpha value is -7.20. The van der Waals surface area contributed by atoms with Crippen LogP contribution in [0.3, 0.4) is 0 Å². The smallest absolute Gasteiger partial charge is 0.266 e. The highest BCUT2D eigenvalue weighted by Gasteiger charge is 2.39. The number of ether oxygens (including phenoxy) is 2. The molecule has 2 N–H and O–H groups in total. The topological polar surface area (TPSA) is 134 Å². The van der Waals surface area contributed by atoms with Crippen molar-refractivity contribution < 1.29 is 38.9 Å². The van der Waals surface area contributed by atoms with E-state index in [-0.39, 0.29) is 40.1 Å². The van der Waals surface area contributed by atoms with Crippen LogP contribution in [0.15, 0.2) is 121 Å². The number of benzene rings is 6. The summed E-state index contributed by atoms with van der Waals surface area (Å²) < 4.78 is 12.2. The summed E-state index contributed by atoms with van der Waals surface area (Å²) in [5, 5.41) is 21.0. The van der Waals surface area contributed by atoms with Gasteiger partial charge in [-0.15, -0.1) is 0 Å². The van der Waals surface area contributed by atoms with Crippen molar-refractivity contribution in [2.24, 2.45) is 0 Å². The number of rotatable bonds is 9. The second-order valence-corrected chi connectivity index (χ2v) is 15.7. The number of imide groups is 2. The first-order chi connectivity index (χ1) is 27.5. The number of nitrogens with zero attached hydrogens (tertiary/aromatic N) is 2. The molecule has 2 aliphatic heterocycles. The molecule has 0 spiro atoms. The van der Waals surface area contributed by atoms with Gasteiger partial charge in [0.2, 0.25) is 0 Å². The van der Waals surface area contributed by atoms with Crippen molar-refractivity contribution in [3.05, 3.63) is 171 Å². The minimum atomic E-state index is -0.582. The summed E-state index contributed by atoms with van der Waals surface area (Å²) in [6.07, 6.45) is 0. The quantitative estimate of drug-likeness (QED) is 0.139. The molecule has 0 saturated carbocycles. The molecule has 0 aromatic heterocycles. The summed E-state index contributed by atoms with van der Waals surface area (Å²) in [7, 11) is 1.46. The number of hydrogen-bond donors (Lipinski definition) is 2. The van der Waals surface area contributed by atoms with Crippen LogP contribution in [0.1, 0.15) is 96.9 Å². The first kappa shape index (κ1) is 37.7. The lowest BCUT2D eigenvalue weighted by atomic mass is 9.77. The summed E-state index contributed by atoms with van der Waals surface area (Å²) in [4.78, 5) is 54.2. The first-order valence-electron chi connectivity index (χ1n) is 18.7. The number of fused-ring (bicyclic) bond motifs is 2. The van der Waals surface area contributed by atoms with Crippen molar-refractivity contribution in [1.82, 2.24) is 4.90 Å². The second-order valence-electron chi connectivity index (χ2n) is 15.7. The number of anilines is 1. The molecule has 8 rings (SSSR count). The van der Waals surface area contributed by atoms with Gasteiger partial charge in [0.25, 0.3) is 23.6 Å². The molecule has 10 nitrogen and oxygen atoms in total. The number of amides is 4. The lowest BCUT2D eigenvalue weighted by Gasteiger charge is -2.28. The molecule has 10 heteroatoms. The summed E-state index contributed by atoms with van der Waals surface area (Å²) in [6.45, 7) is 10.0. The van der Waals surface area contributed by atoms with Gasteiger partial charge in [0.15, 0.2) is 0 Å².